The van der Waals surface area contributed by atoms with Crippen molar-refractivity contribution in [3.63, 3.8) is 0 Å². The largest absolute Gasteiger partial charge is 0.489 e. The average Bonchev–Trinajstić information content (AvgIpc) is 3.92. The summed E-state index contributed by atoms with van der Waals surface area (Å²) in [5.74, 6) is -0.587. The van der Waals surface area contributed by atoms with Gasteiger partial charge in [0, 0.05) is 45.0 Å². The highest BCUT2D eigenvalue weighted by atomic mass is 35.5. The average molecular weight is 720 g/mol. The molecule has 1 saturated heterocycles. The molecule has 0 radical (unpaired) electrons. The number of morpholine rings is 1. The molecule has 0 N–H and O–H groups in total. The number of halogens is 4. The van der Waals surface area contributed by atoms with Crippen molar-refractivity contribution in [1.82, 2.24) is 19.0 Å². The Kier molecular flexibility index (Phi) is 11.1. The van der Waals surface area contributed by atoms with Crippen molar-refractivity contribution < 1.29 is 32.5 Å². The monoisotopic (exact) mass is 718 g/mol. The van der Waals surface area contributed by atoms with Crippen LogP contribution in [0.15, 0.2) is 64.4 Å². The third-order valence-electron chi connectivity index (χ3n) is 8.51. The van der Waals surface area contributed by atoms with E-state index < -0.39 is 36.5 Å². The van der Waals surface area contributed by atoms with Crippen LogP contribution < -0.4 is 20.7 Å². The molecule has 11 nitrogen and oxygen atoms in total. The number of benzene rings is 2. The molecule has 1 aliphatic heterocycles. The summed E-state index contributed by atoms with van der Waals surface area (Å²) in [6.07, 6.45) is 3.67. The van der Waals surface area contributed by atoms with Crippen LogP contribution in [-0.4, -0.2) is 71.1 Å². The molecular weight excluding hydrogens is 685 g/mol. The van der Waals surface area contributed by atoms with Gasteiger partial charge in [-0.3, -0.25) is 28.6 Å². The van der Waals surface area contributed by atoms with Crippen molar-refractivity contribution in [2.24, 2.45) is 5.92 Å². The second-order valence-corrected chi connectivity index (χ2v) is 12.7. The van der Waals surface area contributed by atoms with Crippen LogP contribution in [0.25, 0.3) is 10.9 Å². The highest BCUT2D eigenvalue weighted by molar-refractivity contribution is 6.35. The lowest BCUT2D eigenvalue weighted by Crippen LogP contribution is -2.45. The van der Waals surface area contributed by atoms with Crippen molar-refractivity contribution >= 4 is 40.1 Å². The molecule has 49 heavy (non-hydrogen) atoms. The third kappa shape index (κ3) is 8.58. The van der Waals surface area contributed by atoms with Crippen molar-refractivity contribution in [3.8, 4) is 11.5 Å². The molecule has 0 amide bonds. The maximum absolute atomic E-state index is 13.8. The standard InChI is InChI=1S/C34H34Cl2F2N4O7/c35-25-17-39-18-26(36)24(25)16-29(22-7-8-28(49-33(37)38)30(15-22)47-20-21-5-6-21)48-31(43)19-42-27-4-2-1-3-23(27)32(44)41(34(42)45)10-9-40-11-13-46-14-12-40/h1-4,7-8,15,17-18,21,29,33H,5-6,9-14,16,19-20H2/t29-/m0/s1. The smallest absolute Gasteiger partial charge is 0.387 e. The van der Waals surface area contributed by atoms with Crippen LogP contribution in [0.3, 0.4) is 0 Å². The van der Waals surface area contributed by atoms with Crippen LogP contribution >= 0.6 is 23.2 Å². The summed E-state index contributed by atoms with van der Waals surface area (Å²) in [5, 5.41) is 0.729. The third-order valence-corrected chi connectivity index (χ3v) is 9.16. The summed E-state index contributed by atoms with van der Waals surface area (Å²) in [4.78, 5) is 47.0. The van der Waals surface area contributed by atoms with Crippen molar-refractivity contribution in [3.05, 3.63) is 96.9 Å². The molecule has 2 aromatic carbocycles. The van der Waals surface area contributed by atoms with Crippen LogP contribution in [0.5, 0.6) is 11.5 Å². The van der Waals surface area contributed by atoms with Gasteiger partial charge in [0.25, 0.3) is 5.56 Å². The molecule has 2 fully saturated rings. The van der Waals surface area contributed by atoms with E-state index in [2.05, 4.69) is 9.88 Å². The minimum atomic E-state index is -3.08. The van der Waals surface area contributed by atoms with Gasteiger partial charge in [-0.2, -0.15) is 8.78 Å². The van der Waals surface area contributed by atoms with Gasteiger partial charge in [-0.05, 0) is 54.2 Å². The molecule has 0 bridgehead atoms. The lowest BCUT2D eigenvalue weighted by Gasteiger charge is -2.26. The van der Waals surface area contributed by atoms with Gasteiger partial charge in [-0.15, -0.1) is 0 Å². The number of nitrogens with zero attached hydrogens (tertiary/aromatic N) is 4. The molecule has 0 spiro atoms. The summed E-state index contributed by atoms with van der Waals surface area (Å²) in [6, 6.07) is 10.8. The highest BCUT2D eigenvalue weighted by Crippen LogP contribution is 2.38. The van der Waals surface area contributed by atoms with Crippen LogP contribution in [0.1, 0.15) is 30.1 Å². The zero-order valence-electron chi connectivity index (χ0n) is 26.4. The molecule has 0 unspecified atom stereocenters. The van der Waals surface area contributed by atoms with E-state index >= 15 is 0 Å². The minimum Gasteiger partial charge on any atom is -0.489 e. The van der Waals surface area contributed by atoms with E-state index in [0.717, 1.165) is 17.4 Å². The van der Waals surface area contributed by atoms with Crippen molar-refractivity contribution in [2.45, 2.75) is 45.1 Å². The Bertz CT molecular complexity index is 1910. The maximum Gasteiger partial charge on any atom is 0.387 e. The summed E-state index contributed by atoms with van der Waals surface area (Å²) in [6.45, 7) is -0.232. The van der Waals surface area contributed by atoms with E-state index in [1.54, 1.807) is 24.3 Å². The Hall–Kier alpha value is -4.04. The fraction of sp³-hybridized carbons (Fsp3) is 0.412. The number of hydrogen-bond donors (Lipinski definition) is 0. The lowest BCUT2D eigenvalue weighted by molar-refractivity contribution is -0.150. The Morgan fingerprint density at radius 1 is 0.980 bits per heavy atom. The molecule has 1 aliphatic carbocycles. The van der Waals surface area contributed by atoms with Gasteiger partial charge in [0.1, 0.15) is 12.6 Å². The molecular formula is C34H34Cl2F2N4O7. The highest BCUT2D eigenvalue weighted by Gasteiger charge is 2.27. The quantitative estimate of drug-likeness (QED) is 0.164. The fourth-order valence-corrected chi connectivity index (χ4v) is 6.20. The topological polar surface area (TPSA) is 114 Å². The number of para-hydroxylation sites is 1. The van der Waals surface area contributed by atoms with Crippen LogP contribution in [-0.2, 0) is 33.8 Å². The summed E-state index contributed by atoms with van der Waals surface area (Å²) in [5.41, 5.74) is -0.0163. The van der Waals surface area contributed by atoms with E-state index in [4.69, 9.17) is 42.1 Å². The summed E-state index contributed by atoms with van der Waals surface area (Å²) >= 11 is 12.9. The predicted molar refractivity (Wildman–Crippen MR) is 178 cm³/mol. The van der Waals surface area contributed by atoms with Gasteiger partial charge >= 0.3 is 18.3 Å². The van der Waals surface area contributed by atoms with Crippen LogP contribution in [0.4, 0.5) is 8.78 Å². The molecule has 260 valence electrons. The van der Waals surface area contributed by atoms with Gasteiger partial charge < -0.3 is 18.9 Å². The molecule has 2 aliphatic rings. The molecule has 1 atom stereocenters. The number of hydrogen-bond acceptors (Lipinski definition) is 9. The molecule has 6 rings (SSSR count). The first-order chi connectivity index (χ1) is 23.7. The predicted octanol–water partition coefficient (Wildman–Crippen LogP) is 5.11. The zero-order valence-corrected chi connectivity index (χ0v) is 27.9. The lowest BCUT2D eigenvalue weighted by atomic mass is 10.0. The van der Waals surface area contributed by atoms with E-state index in [-0.39, 0.29) is 45.4 Å². The van der Waals surface area contributed by atoms with Gasteiger partial charge in [0.05, 0.1) is 40.8 Å². The fourth-order valence-electron chi connectivity index (χ4n) is 5.68. The summed E-state index contributed by atoms with van der Waals surface area (Å²) in [7, 11) is 0. The first-order valence-electron chi connectivity index (χ1n) is 15.9. The van der Waals surface area contributed by atoms with Gasteiger partial charge in [-0.25, -0.2) is 4.79 Å². The van der Waals surface area contributed by atoms with Crippen LogP contribution in [0, 0.1) is 5.92 Å². The Morgan fingerprint density at radius 2 is 1.71 bits per heavy atom. The molecule has 15 heteroatoms. The van der Waals surface area contributed by atoms with Crippen molar-refractivity contribution in [2.75, 3.05) is 39.5 Å². The second kappa shape index (κ2) is 15.7. The number of ether oxygens (including phenoxy) is 4. The minimum absolute atomic E-state index is 0.0161. The molecule has 4 aromatic rings. The number of aromatic nitrogens is 3. The maximum atomic E-state index is 13.8. The van der Waals surface area contributed by atoms with E-state index in [1.165, 1.54) is 35.2 Å². The summed E-state index contributed by atoms with van der Waals surface area (Å²) < 4.78 is 50.8. The SMILES string of the molecule is O=C(Cn1c(=O)n(CCN2CCOCC2)c(=O)c2ccccc21)O[C@@H](Cc1c(Cl)cncc1Cl)c1ccc(OC(F)F)c(OCC2CC2)c1. The van der Waals surface area contributed by atoms with Gasteiger partial charge in [-0.1, -0.05) is 41.4 Å². The van der Waals surface area contributed by atoms with Crippen LogP contribution in [0.2, 0.25) is 10.0 Å². The van der Waals surface area contributed by atoms with E-state index in [0.29, 0.717) is 56.5 Å². The van der Waals surface area contributed by atoms with E-state index in [9.17, 15) is 23.2 Å². The normalized spacial score (nSPS) is 15.8. The number of pyridine rings is 1. The first kappa shape index (κ1) is 34.8. The Balaban J connectivity index is 1.32. The zero-order chi connectivity index (χ0) is 34.5. The number of carbonyl (C=O) groups excluding carboxylic acids is 1. The Labute approximate surface area is 289 Å². The van der Waals surface area contributed by atoms with Gasteiger partial charge in [0.15, 0.2) is 11.5 Å². The second-order valence-electron chi connectivity index (χ2n) is 11.9. The number of esters is 1. The molecule has 1 saturated carbocycles. The number of alkyl halides is 2. The van der Waals surface area contributed by atoms with E-state index in [1.807, 2.05) is 0 Å². The Morgan fingerprint density at radius 3 is 2.43 bits per heavy atom. The van der Waals surface area contributed by atoms with Crippen molar-refractivity contribution in [1.29, 1.82) is 0 Å². The first-order valence-corrected chi connectivity index (χ1v) is 16.6. The molecule has 2 aromatic heterocycles. The van der Waals surface area contributed by atoms with Gasteiger partial charge in [0.2, 0.25) is 0 Å². The molecule has 3 heterocycles. The number of rotatable bonds is 14. The number of carbonyl (C=O) groups is 1. The number of fused-ring (bicyclic) bond motifs is 1.